The molecule has 24 heavy (non-hydrogen) atoms. The van der Waals surface area contributed by atoms with Gasteiger partial charge in [0.15, 0.2) is 0 Å². The zero-order chi connectivity index (χ0) is 16.6. The van der Waals surface area contributed by atoms with Crippen LogP contribution in [-0.2, 0) is 4.74 Å². The zero-order valence-electron chi connectivity index (χ0n) is 13.3. The Balaban J connectivity index is 1.48. The Morgan fingerprint density at radius 1 is 1.46 bits per heavy atom. The van der Waals surface area contributed by atoms with Gasteiger partial charge in [-0.3, -0.25) is 14.9 Å². The average Bonchev–Trinajstić information content (AvgIpc) is 3.28. The van der Waals surface area contributed by atoms with Gasteiger partial charge in [-0.25, -0.2) is 0 Å². The molecule has 4 rings (SSSR count). The molecule has 126 valence electrons. The Hall–Kier alpha value is -2.25. The van der Waals surface area contributed by atoms with Crippen LogP contribution in [0.25, 0.3) is 11.3 Å². The summed E-state index contributed by atoms with van der Waals surface area (Å²) in [5.41, 5.74) is 1.50. The first-order valence-electron chi connectivity index (χ1n) is 8.25. The van der Waals surface area contributed by atoms with Crippen LogP contribution in [0, 0.1) is 0 Å². The molecule has 0 saturated carbocycles. The molecule has 1 amide bonds. The summed E-state index contributed by atoms with van der Waals surface area (Å²) in [6.07, 6.45) is 5.27. The lowest BCUT2D eigenvalue weighted by Gasteiger charge is -2.42. The van der Waals surface area contributed by atoms with E-state index in [9.17, 15) is 9.90 Å². The van der Waals surface area contributed by atoms with Crippen LogP contribution in [0.1, 0.15) is 29.8 Å². The highest BCUT2D eigenvalue weighted by atomic mass is 16.5. The second-order valence-corrected chi connectivity index (χ2v) is 6.44. The smallest absolute Gasteiger partial charge is 0.271 e. The molecular weight excluding hydrogens is 308 g/mol. The Labute approximate surface area is 139 Å². The van der Waals surface area contributed by atoms with Crippen molar-refractivity contribution in [3.63, 3.8) is 0 Å². The van der Waals surface area contributed by atoms with Crippen LogP contribution in [-0.4, -0.2) is 62.5 Å². The van der Waals surface area contributed by atoms with Gasteiger partial charge < -0.3 is 14.7 Å². The first kappa shape index (κ1) is 15.3. The van der Waals surface area contributed by atoms with Gasteiger partial charge in [0.2, 0.25) is 0 Å². The number of hydrogen-bond acceptors (Lipinski definition) is 5. The van der Waals surface area contributed by atoms with Crippen molar-refractivity contribution in [2.24, 2.45) is 0 Å². The monoisotopic (exact) mass is 328 g/mol. The average molecular weight is 328 g/mol. The summed E-state index contributed by atoms with van der Waals surface area (Å²) in [6, 6.07) is 5.44. The number of β-amino-alcohol motifs (C(OH)–C–C–N with tert-alkyl or cyclic N) is 1. The molecule has 2 atom stereocenters. The van der Waals surface area contributed by atoms with Gasteiger partial charge in [-0.05, 0) is 37.5 Å². The lowest BCUT2D eigenvalue weighted by Crippen LogP contribution is -2.56. The van der Waals surface area contributed by atoms with Gasteiger partial charge in [-0.2, -0.15) is 5.10 Å². The number of aliphatic hydroxyl groups excluding tert-OH is 1. The number of nitrogens with zero attached hydrogens (tertiary/aromatic N) is 3. The number of nitrogens with one attached hydrogen (secondary N) is 1. The minimum absolute atomic E-state index is 0.149. The van der Waals surface area contributed by atoms with Gasteiger partial charge in [0.05, 0.1) is 11.3 Å². The predicted molar refractivity (Wildman–Crippen MR) is 86.3 cm³/mol. The number of piperidine rings is 1. The standard InChI is InChI=1S/C17H20N4O3/c22-15-11-21(7-5-17(15)4-2-8-24-17)16(23)14-9-13(19-20-14)12-3-1-6-18-10-12/h1,3,6,9-10,15,22H,2,4-5,7-8,11H2,(H,19,20)/t15-,17-/m0/s1. The Kier molecular flexibility index (Phi) is 3.82. The number of likely N-dealkylation sites (tertiary alicyclic amines) is 1. The van der Waals surface area contributed by atoms with E-state index in [0.29, 0.717) is 37.5 Å². The number of aromatic nitrogens is 3. The van der Waals surface area contributed by atoms with Crippen molar-refractivity contribution >= 4 is 5.91 Å². The van der Waals surface area contributed by atoms with Crippen LogP contribution in [0.4, 0.5) is 0 Å². The van der Waals surface area contributed by atoms with Crippen LogP contribution < -0.4 is 0 Å². The fraction of sp³-hybridized carbons (Fsp3) is 0.471. The quantitative estimate of drug-likeness (QED) is 0.865. The molecule has 1 spiro atoms. The summed E-state index contributed by atoms with van der Waals surface area (Å²) < 4.78 is 5.77. The van der Waals surface area contributed by atoms with E-state index in [1.165, 1.54) is 0 Å². The summed E-state index contributed by atoms with van der Waals surface area (Å²) in [5, 5.41) is 17.4. The highest BCUT2D eigenvalue weighted by Gasteiger charge is 2.46. The van der Waals surface area contributed by atoms with Gasteiger partial charge in [-0.1, -0.05) is 0 Å². The van der Waals surface area contributed by atoms with Crippen LogP contribution >= 0.6 is 0 Å². The number of rotatable bonds is 2. The van der Waals surface area contributed by atoms with Crippen molar-refractivity contribution in [2.75, 3.05) is 19.7 Å². The van der Waals surface area contributed by atoms with Crippen molar-refractivity contribution < 1.29 is 14.6 Å². The normalized spacial score (nSPS) is 26.9. The van der Waals surface area contributed by atoms with E-state index >= 15 is 0 Å². The molecule has 2 N–H and O–H groups in total. The molecule has 2 aliphatic heterocycles. The summed E-state index contributed by atoms with van der Waals surface area (Å²) in [4.78, 5) is 18.4. The number of pyridine rings is 1. The predicted octanol–water partition coefficient (Wildman–Crippen LogP) is 1.23. The number of ether oxygens (including phenoxy) is 1. The minimum Gasteiger partial charge on any atom is -0.388 e. The molecule has 4 heterocycles. The topological polar surface area (TPSA) is 91.3 Å². The molecule has 0 radical (unpaired) electrons. The van der Waals surface area contributed by atoms with Crippen molar-refractivity contribution in [2.45, 2.75) is 31.0 Å². The fourth-order valence-corrected chi connectivity index (χ4v) is 3.58. The number of carbonyl (C=O) groups excluding carboxylic acids is 1. The second-order valence-electron chi connectivity index (χ2n) is 6.44. The van der Waals surface area contributed by atoms with E-state index in [4.69, 9.17) is 4.74 Å². The SMILES string of the molecule is O=C(c1cc(-c2cccnc2)n[nH]1)N1CC[C@@]2(CCCO2)[C@@H](O)C1. The number of aliphatic hydroxyl groups is 1. The van der Waals surface area contributed by atoms with Crippen LogP contribution in [0.5, 0.6) is 0 Å². The molecule has 2 aromatic heterocycles. The molecule has 0 aromatic carbocycles. The van der Waals surface area contributed by atoms with Crippen LogP contribution in [0.2, 0.25) is 0 Å². The van der Waals surface area contributed by atoms with Crippen molar-refractivity contribution in [3.05, 3.63) is 36.3 Å². The van der Waals surface area contributed by atoms with Gasteiger partial charge in [0, 0.05) is 37.7 Å². The third kappa shape index (κ3) is 2.59. The number of aromatic amines is 1. The maximum absolute atomic E-state index is 12.7. The molecule has 7 heteroatoms. The highest BCUT2D eigenvalue weighted by molar-refractivity contribution is 5.93. The lowest BCUT2D eigenvalue weighted by atomic mass is 9.86. The molecule has 2 aliphatic rings. The largest absolute Gasteiger partial charge is 0.388 e. The zero-order valence-corrected chi connectivity index (χ0v) is 13.3. The number of amides is 1. The van der Waals surface area contributed by atoms with E-state index in [1.807, 2.05) is 12.1 Å². The van der Waals surface area contributed by atoms with Crippen molar-refractivity contribution in [3.8, 4) is 11.3 Å². The summed E-state index contributed by atoms with van der Waals surface area (Å²) in [7, 11) is 0. The Morgan fingerprint density at radius 3 is 3.08 bits per heavy atom. The van der Waals surface area contributed by atoms with Gasteiger partial charge in [0.1, 0.15) is 11.8 Å². The van der Waals surface area contributed by atoms with Gasteiger partial charge >= 0.3 is 0 Å². The van der Waals surface area contributed by atoms with Crippen molar-refractivity contribution in [1.29, 1.82) is 0 Å². The van der Waals surface area contributed by atoms with E-state index in [-0.39, 0.29) is 5.91 Å². The van der Waals surface area contributed by atoms with Gasteiger partial charge in [0.25, 0.3) is 5.91 Å². The number of H-pyrrole nitrogens is 1. The molecule has 0 bridgehead atoms. The molecule has 0 aliphatic carbocycles. The minimum atomic E-state index is -0.640. The Morgan fingerprint density at radius 2 is 2.38 bits per heavy atom. The first-order chi connectivity index (χ1) is 11.7. The maximum Gasteiger partial charge on any atom is 0.271 e. The highest BCUT2D eigenvalue weighted by Crippen LogP contribution is 2.36. The summed E-state index contributed by atoms with van der Waals surface area (Å²) in [5.74, 6) is -0.149. The van der Waals surface area contributed by atoms with E-state index in [1.54, 1.807) is 23.4 Å². The molecular formula is C17H20N4O3. The van der Waals surface area contributed by atoms with E-state index < -0.39 is 11.7 Å². The van der Waals surface area contributed by atoms with Crippen molar-refractivity contribution in [1.82, 2.24) is 20.1 Å². The fourth-order valence-electron chi connectivity index (χ4n) is 3.58. The number of carbonyl (C=O) groups is 1. The van der Waals surface area contributed by atoms with Crippen LogP contribution in [0.15, 0.2) is 30.6 Å². The van der Waals surface area contributed by atoms with Crippen LogP contribution in [0.3, 0.4) is 0 Å². The molecule has 2 aromatic rings. The Bertz CT molecular complexity index is 724. The third-order valence-corrected chi connectivity index (χ3v) is 4.99. The summed E-state index contributed by atoms with van der Waals surface area (Å²) in [6.45, 7) is 1.57. The second kappa shape index (κ2) is 5.99. The number of hydrogen-bond donors (Lipinski definition) is 2. The summed E-state index contributed by atoms with van der Waals surface area (Å²) >= 11 is 0. The van der Waals surface area contributed by atoms with E-state index in [2.05, 4.69) is 15.2 Å². The van der Waals surface area contributed by atoms with Gasteiger partial charge in [-0.15, -0.1) is 0 Å². The lowest BCUT2D eigenvalue weighted by molar-refractivity contribution is -0.123. The first-order valence-corrected chi connectivity index (χ1v) is 8.25. The molecule has 2 fully saturated rings. The molecule has 2 saturated heterocycles. The van der Waals surface area contributed by atoms with E-state index in [0.717, 1.165) is 18.4 Å². The maximum atomic E-state index is 12.7. The molecule has 0 unspecified atom stereocenters. The molecule has 7 nitrogen and oxygen atoms in total. The third-order valence-electron chi connectivity index (χ3n) is 4.99.